The van der Waals surface area contributed by atoms with Crippen LogP contribution in [0.1, 0.15) is 30.6 Å². The van der Waals surface area contributed by atoms with Gasteiger partial charge in [-0.2, -0.15) is 0 Å². The quantitative estimate of drug-likeness (QED) is 0.944. The highest BCUT2D eigenvalue weighted by Gasteiger charge is 2.22. The molecule has 112 valence electrons. The van der Waals surface area contributed by atoms with Crippen molar-refractivity contribution in [3.05, 3.63) is 53.6 Å². The number of halogens is 1. The largest absolute Gasteiger partial charge is 0.387 e. The van der Waals surface area contributed by atoms with Crippen molar-refractivity contribution in [3.8, 4) is 0 Å². The van der Waals surface area contributed by atoms with Crippen molar-refractivity contribution in [3.63, 3.8) is 0 Å². The number of aliphatic hydroxyl groups is 1. The van der Waals surface area contributed by atoms with E-state index >= 15 is 0 Å². The van der Waals surface area contributed by atoms with E-state index in [2.05, 4.69) is 14.5 Å². The molecule has 5 heteroatoms. The molecule has 1 unspecified atom stereocenters. The van der Waals surface area contributed by atoms with Gasteiger partial charge in [-0.05, 0) is 30.5 Å². The lowest BCUT2D eigenvalue weighted by Crippen LogP contribution is -2.37. The minimum absolute atomic E-state index is 0.478. The molecule has 21 heavy (non-hydrogen) atoms. The molecular formula is C16H20ClN3O. The molecule has 4 nitrogen and oxygen atoms in total. The molecule has 2 heterocycles. The topological polar surface area (TPSA) is 41.3 Å². The van der Waals surface area contributed by atoms with Crippen molar-refractivity contribution >= 4 is 11.6 Å². The molecule has 0 bridgehead atoms. The Balaban J connectivity index is 1.53. The fourth-order valence-corrected chi connectivity index (χ4v) is 3.15. The minimum Gasteiger partial charge on any atom is -0.387 e. The average molecular weight is 306 g/mol. The van der Waals surface area contributed by atoms with E-state index in [-0.39, 0.29) is 0 Å². The van der Waals surface area contributed by atoms with Crippen LogP contribution in [0.3, 0.4) is 0 Å². The molecule has 1 aliphatic heterocycles. The van der Waals surface area contributed by atoms with Crippen LogP contribution in [0.2, 0.25) is 5.02 Å². The van der Waals surface area contributed by atoms with E-state index in [1.807, 2.05) is 43.0 Å². The lowest BCUT2D eigenvalue weighted by molar-refractivity contribution is 0.0906. The molecule has 0 amide bonds. The molecule has 0 spiro atoms. The molecule has 0 radical (unpaired) electrons. The number of β-amino-alcohol motifs (C(OH)–C–C–N with tert-alkyl or cyclic N) is 1. The first kappa shape index (κ1) is 14.6. The standard InChI is InChI=1S/C16H20ClN3O/c17-14-3-1-2-13(10-14)16(21)11-19-7-4-15(5-8-19)20-9-6-18-12-20/h1-3,6,9-10,12,15-16,21H,4-5,7-8,11H2. The summed E-state index contributed by atoms with van der Waals surface area (Å²) < 4.78 is 2.19. The van der Waals surface area contributed by atoms with Crippen molar-refractivity contribution in [1.29, 1.82) is 0 Å². The second-order valence-corrected chi connectivity index (χ2v) is 6.05. The second kappa shape index (κ2) is 6.60. The average Bonchev–Trinajstić information content (AvgIpc) is 3.02. The second-order valence-electron chi connectivity index (χ2n) is 5.61. The fourth-order valence-electron chi connectivity index (χ4n) is 2.95. The van der Waals surface area contributed by atoms with Gasteiger partial charge in [0.25, 0.3) is 0 Å². The van der Waals surface area contributed by atoms with E-state index in [0.29, 0.717) is 17.6 Å². The Bertz CT molecular complexity index is 565. The molecule has 3 rings (SSSR count). The van der Waals surface area contributed by atoms with E-state index in [9.17, 15) is 5.11 Å². The van der Waals surface area contributed by atoms with E-state index in [0.717, 1.165) is 31.5 Å². The number of imidazole rings is 1. The van der Waals surface area contributed by atoms with Gasteiger partial charge in [-0.3, -0.25) is 0 Å². The van der Waals surface area contributed by atoms with Crippen LogP contribution in [-0.2, 0) is 0 Å². The van der Waals surface area contributed by atoms with Gasteiger partial charge >= 0.3 is 0 Å². The summed E-state index contributed by atoms with van der Waals surface area (Å²) in [7, 11) is 0. The number of aliphatic hydroxyl groups excluding tert-OH is 1. The Labute approximate surface area is 130 Å². The molecule has 1 N–H and O–H groups in total. The SMILES string of the molecule is OC(CN1CCC(n2ccnc2)CC1)c1cccc(Cl)c1. The maximum absolute atomic E-state index is 10.3. The molecule has 1 saturated heterocycles. The first-order valence-corrected chi connectivity index (χ1v) is 7.73. The van der Waals surface area contributed by atoms with Gasteiger partial charge in [0.15, 0.2) is 0 Å². The number of hydrogen-bond donors (Lipinski definition) is 1. The highest BCUT2D eigenvalue weighted by atomic mass is 35.5. The molecule has 1 fully saturated rings. The number of rotatable bonds is 4. The van der Waals surface area contributed by atoms with Gasteiger partial charge < -0.3 is 14.6 Å². The van der Waals surface area contributed by atoms with Crippen LogP contribution in [0, 0.1) is 0 Å². The van der Waals surface area contributed by atoms with E-state index < -0.39 is 6.10 Å². The molecule has 1 aromatic carbocycles. The van der Waals surface area contributed by atoms with Crippen LogP contribution in [-0.4, -0.2) is 39.2 Å². The smallest absolute Gasteiger partial charge is 0.0948 e. The third-order valence-corrected chi connectivity index (χ3v) is 4.40. The highest BCUT2D eigenvalue weighted by molar-refractivity contribution is 6.30. The number of benzene rings is 1. The summed E-state index contributed by atoms with van der Waals surface area (Å²) in [6, 6.07) is 8.01. The monoisotopic (exact) mass is 305 g/mol. The van der Waals surface area contributed by atoms with Gasteiger partial charge in [0.1, 0.15) is 0 Å². The normalized spacial score (nSPS) is 18.8. The summed E-state index contributed by atoms with van der Waals surface area (Å²) >= 11 is 5.97. The van der Waals surface area contributed by atoms with Crippen LogP contribution in [0.15, 0.2) is 43.0 Å². The van der Waals surface area contributed by atoms with Gasteiger partial charge in [-0.1, -0.05) is 23.7 Å². The van der Waals surface area contributed by atoms with Crippen LogP contribution < -0.4 is 0 Å². The Morgan fingerprint density at radius 2 is 2.14 bits per heavy atom. The summed E-state index contributed by atoms with van der Waals surface area (Å²) in [6.45, 7) is 2.66. The van der Waals surface area contributed by atoms with Crippen molar-refractivity contribution in [1.82, 2.24) is 14.5 Å². The van der Waals surface area contributed by atoms with Gasteiger partial charge in [0.05, 0.1) is 12.4 Å². The number of piperidine rings is 1. The van der Waals surface area contributed by atoms with Crippen LogP contribution in [0.25, 0.3) is 0 Å². The van der Waals surface area contributed by atoms with Crippen molar-refractivity contribution in [2.45, 2.75) is 25.0 Å². The zero-order chi connectivity index (χ0) is 14.7. The summed E-state index contributed by atoms with van der Waals surface area (Å²) in [5.41, 5.74) is 0.888. The minimum atomic E-state index is -0.478. The molecule has 1 aliphatic rings. The lowest BCUT2D eigenvalue weighted by Gasteiger charge is -2.33. The molecule has 0 aliphatic carbocycles. The van der Waals surface area contributed by atoms with Gasteiger partial charge in [0.2, 0.25) is 0 Å². The van der Waals surface area contributed by atoms with Gasteiger partial charge in [-0.15, -0.1) is 0 Å². The Morgan fingerprint density at radius 1 is 1.33 bits per heavy atom. The zero-order valence-electron chi connectivity index (χ0n) is 11.9. The predicted octanol–water partition coefficient (Wildman–Crippen LogP) is 2.91. The third kappa shape index (κ3) is 3.64. The summed E-state index contributed by atoms with van der Waals surface area (Å²) in [4.78, 5) is 6.43. The summed E-state index contributed by atoms with van der Waals surface area (Å²) in [5.74, 6) is 0. The Kier molecular flexibility index (Phi) is 4.58. The highest BCUT2D eigenvalue weighted by Crippen LogP contribution is 2.24. The first-order chi connectivity index (χ1) is 10.2. The van der Waals surface area contributed by atoms with Crippen molar-refractivity contribution in [2.24, 2.45) is 0 Å². The van der Waals surface area contributed by atoms with Crippen LogP contribution >= 0.6 is 11.6 Å². The number of nitrogens with zero attached hydrogens (tertiary/aromatic N) is 3. The van der Waals surface area contributed by atoms with Crippen LogP contribution in [0.4, 0.5) is 0 Å². The maximum atomic E-state index is 10.3. The summed E-state index contributed by atoms with van der Waals surface area (Å²) in [5, 5.41) is 11.0. The van der Waals surface area contributed by atoms with Crippen molar-refractivity contribution < 1.29 is 5.11 Å². The summed E-state index contributed by atoms with van der Waals surface area (Å²) in [6.07, 6.45) is 7.46. The van der Waals surface area contributed by atoms with E-state index in [4.69, 9.17) is 11.6 Å². The molecule has 1 atom stereocenters. The molecular weight excluding hydrogens is 286 g/mol. The molecule has 1 aromatic heterocycles. The maximum Gasteiger partial charge on any atom is 0.0948 e. The lowest BCUT2D eigenvalue weighted by atomic mass is 10.0. The first-order valence-electron chi connectivity index (χ1n) is 7.35. The Morgan fingerprint density at radius 3 is 2.81 bits per heavy atom. The fraction of sp³-hybridized carbons (Fsp3) is 0.438. The van der Waals surface area contributed by atoms with Crippen molar-refractivity contribution in [2.75, 3.05) is 19.6 Å². The van der Waals surface area contributed by atoms with E-state index in [1.54, 1.807) is 0 Å². The number of hydrogen-bond acceptors (Lipinski definition) is 3. The predicted molar refractivity (Wildman–Crippen MR) is 83.3 cm³/mol. The third-order valence-electron chi connectivity index (χ3n) is 4.17. The Hall–Kier alpha value is -1.36. The van der Waals surface area contributed by atoms with Gasteiger partial charge in [0, 0.05) is 43.1 Å². The number of likely N-dealkylation sites (tertiary alicyclic amines) is 1. The zero-order valence-corrected chi connectivity index (χ0v) is 12.7. The van der Waals surface area contributed by atoms with E-state index in [1.165, 1.54) is 0 Å². The number of aromatic nitrogens is 2. The molecule has 0 saturated carbocycles. The van der Waals surface area contributed by atoms with Gasteiger partial charge in [-0.25, -0.2) is 4.98 Å². The molecule has 2 aromatic rings. The van der Waals surface area contributed by atoms with Crippen LogP contribution in [0.5, 0.6) is 0 Å².